The van der Waals surface area contributed by atoms with Crippen molar-refractivity contribution in [2.24, 2.45) is 0 Å². The molecule has 0 rings (SSSR count). The summed E-state index contributed by atoms with van der Waals surface area (Å²) in [6, 6.07) is -2.01. The highest BCUT2D eigenvalue weighted by molar-refractivity contribution is 5.82. The number of rotatable bonds is 6. The van der Waals surface area contributed by atoms with Crippen LogP contribution in [0, 0.1) is 0 Å². The van der Waals surface area contributed by atoms with Gasteiger partial charge in [0, 0.05) is 6.54 Å². The molecule has 0 amide bonds. The van der Waals surface area contributed by atoms with Gasteiger partial charge in [-0.15, -0.1) is 0 Å². The lowest BCUT2D eigenvalue weighted by Gasteiger charge is -2.32. The Morgan fingerprint density at radius 3 is 1.93 bits per heavy atom. The van der Waals surface area contributed by atoms with Crippen LogP contribution in [0.1, 0.15) is 0 Å². The van der Waals surface area contributed by atoms with Gasteiger partial charge in [-0.1, -0.05) is 0 Å². The Bertz CT molecular complexity index is 277. The lowest BCUT2D eigenvalue weighted by molar-refractivity contribution is -0.331. The van der Waals surface area contributed by atoms with Crippen molar-refractivity contribution in [3.8, 4) is 0 Å². The molecule has 0 aromatic heterocycles. The maximum absolute atomic E-state index is 10.5. The van der Waals surface area contributed by atoms with Crippen LogP contribution in [0.25, 0.3) is 0 Å². The van der Waals surface area contributed by atoms with Crippen molar-refractivity contribution < 1.29 is 34.8 Å². The molecule has 0 heterocycles. The van der Waals surface area contributed by atoms with E-state index >= 15 is 0 Å². The Labute approximate surface area is 84.4 Å². The van der Waals surface area contributed by atoms with Crippen molar-refractivity contribution in [1.29, 1.82) is 0 Å². The number of carbonyl (C=O) groups is 3. The van der Waals surface area contributed by atoms with Gasteiger partial charge in [-0.2, -0.15) is 0 Å². The summed E-state index contributed by atoms with van der Waals surface area (Å²) in [5.41, 5.74) is 0. The van der Waals surface area contributed by atoms with Crippen molar-refractivity contribution in [3.05, 3.63) is 0 Å². The Morgan fingerprint density at radius 1 is 1.20 bits per heavy atom. The second-order valence-corrected chi connectivity index (χ2v) is 2.81. The largest absolute Gasteiger partial charge is 0.549 e. The zero-order chi connectivity index (χ0) is 12.2. The van der Waals surface area contributed by atoms with Gasteiger partial charge in [0.25, 0.3) is 0 Å². The summed E-state index contributed by atoms with van der Waals surface area (Å²) in [6.45, 7) is -0.858. The third-order valence-electron chi connectivity index (χ3n) is 1.64. The molecular formula is C7H8NO7-3. The van der Waals surface area contributed by atoms with Crippen LogP contribution in [0.2, 0.25) is 0 Å². The van der Waals surface area contributed by atoms with E-state index in [1.165, 1.54) is 0 Å². The van der Waals surface area contributed by atoms with Gasteiger partial charge in [0.15, 0.2) is 0 Å². The Morgan fingerprint density at radius 2 is 1.67 bits per heavy atom. The Balaban J connectivity index is 4.73. The summed E-state index contributed by atoms with van der Waals surface area (Å²) in [5.74, 6) is -5.57. The third kappa shape index (κ3) is 3.92. The van der Waals surface area contributed by atoms with Crippen LogP contribution < -0.4 is 15.3 Å². The molecule has 0 bridgehead atoms. The third-order valence-corrected chi connectivity index (χ3v) is 1.64. The van der Waals surface area contributed by atoms with Gasteiger partial charge in [-0.05, 0) is 7.05 Å². The summed E-state index contributed by atoms with van der Waals surface area (Å²) < 4.78 is 0. The van der Waals surface area contributed by atoms with Gasteiger partial charge in [0.2, 0.25) is 0 Å². The fraction of sp³-hybridized carbons (Fsp3) is 0.571. The molecule has 1 N–H and O–H groups in total. The maximum atomic E-state index is 10.5. The van der Waals surface area contributed by atoms with E-state index in [4.69, 9.17) is 5.11 Å². The number of aliphatic hydroxyl groups excluding tert-OH is 1. The Hall–Kier alpha value is -1.67. The minimum absolute atomic E-state index is 0.561. The van der Waals surface area contributed by atoms with E-state index in [1.807, 2.05) is 0 Å². The van der Waals surface area contributed by atoms with E-state index in [0.717, 1.165) is 7.05 Å². The van der Waals surface area contributed by atoms with Crippen molar-refractivity contribution in [2.75, 3.05) is 13.6 Å². The monoisotopic (exact) mass is 218 g/mol. The first kappa shape index (κ1) is 13.3. The van der Waals surface area contributed by atoms with Crippen LogP contribution in [0.5, 0.6) is 0 Å². The number of aliphatic hydroxyl groups is 1. The highest BCUT2D eigenvalue weighted by Gasteiger charge is 2.25. The molecule has 0 aromatic carbocycles. The van der Waals surface area contributed by atoms with Gasteiger partial charge in [0.05, 0.1) is 23.9 Å². The number of aliphatic carboxylic acids is 3. The van der Waals surface area contributed by atoms with Crippen LogP contribution >= 0.6 is 0 Å². The fourth-order valence-corrected chi connectivity index (χ4v) is 0.981. The van der Waals surface area contributed by atoms with E-state index in [2.05, 4.69) is 0 Å². The van der Waals surface area contributed by atoms with Crippen LogP contribution in [0.15, 0.2) is 0 Å². The zero-order valence-corrected chi connectivity index (χ0v) is 7.71. The zero-order valence-electron chi connectivity index (χ0n) is 7.71. The van der Waals surface area contributed by atoms with Gasteiger partial charge >= 0.3 is 0 Å². The molecule has 2 unspecified atom stereocenters. The molecule has 0 fully saturated rings. The molecule has 0 aliphatic rings. The number of likely N-dealkylation sites (N-methyl/N-ethyl adjacent to an activating group) is 1. The molecular weight excluding hydrogens is 210 g/mol. The first-order valence-electron chi connectivity index (χ1n) is 3.77. The van der Waals surface area contributed by atoms with E-state index in [0.29, 0.717) is 4.90 Å². The summed E-state index contributed by atoms with van der Waals surface area (Å²) in [6.07, 6.45) is -2.38. The molecule has 0 saturated carbocycles. The number of carboxylic acid groups (broad SMARTS) is 3. The van der Waals surface area contributed by atoms with Crippen molar-refractivity contribution in [2.45, 2.75) is 12.1 Å². The molecule has 86 valence electrons. The van der Waals surface area contributed by atoms with Gasteiger partial charge in [-0.3, -0.25) is 4.90 Å². The highest BCUT2D eigenvalue weighted by atomic mass is 16.4. The number of hydrogen-bond acceptors (Lipinski definition) is 8. The SMILES string of the molecule is CN(CC(=O)[O-])C(C(=O)[O-])C(O)C(=O)[O-]. The van der Waals surface area contributed by atoms with Crippen molar-refractivity contribution in [1.82, 2.24) is 4.90 Å². The van der Waals surface area contributed by atoms with Crippen LogP contribution in [-0.2, 0) is 14.4 Å². The molecule has 0 aliphatic heterocycles. The number of hydrogen-bond donors (Lipinski definition) is 1. The van der Waals surface area contributed by atoms with E-state index < -0.39 is 36.6 Å². The molecule has 8 nitrogen and oxygen atoms in total. The molecule has 0 aliphatic carbocycles. The van der Waals surface area contributed by atoms with Crippen LogP contribution in [0.4, 0.5) is 0 Å². The molecule has 8 heteroatoms. The fourth-order valence-electron chi connectivity index (χ4n) is 0.981. The molecule has 0 saturated heterocycles. The molecule has 0 spiro atoms. The number of carbonyl (C=O) groups excluding carboxylic acids is 3. The first-order chi connectivity index (χ1) is 6.77. The second-order valence-electron chi connectivity index (χ2n) is 2.81. The maximum Gasteiger partial charge on any atom is 0.114 e. The minimum Gasteiger partial charge on any atom is -0.549 e. The van der Waals surface area contributed by atoms with E-state index in [-0.39, 0.29) is 0 Å². The molecule has 0 radical (unpaired) electrons. The number of carboxylic acids is 3. The normalized spacial score (nSPS) is 14.6. The summed E-state index contributed by atoms with van der Waals surface area (Å²) in [4.78, 5) is 31.3. The topological polar surface area (TPSA) is 144 Å². The van der Waals surface area contributed by atoms with E-state index in [9.17, 15) is 29.7 Å². The van der Waals surface area contributed by atoms with Gasteiger partial charge in [-0.25, -0.2) is 0 Å². The first-order valence-corrected chi connectivity index (χ1v) is 3.77. The predicted molar refractivity (Wildman–Crippen MR) is 37.4 cm³/mol. The smallest absolute Gasteiger partial charge is 0.114 e. The van der Waals surface area contributed by atoms with Crippen LogP contribution in [-0.4, -0.2) is 53.7 Å². The molecule has 15 heavy (non-hydrogen) atoms. The average Bonchev–Trinajstić information content (AvgIpc) is 2.01. The lowest BCUT2D eigenvalue weighted by Crippen LogP contribution is -2.59. The predicted octanol–water partition coefficient (Wildman–Crippen LogP) is -6.10. The molecule has 0 aromatic rings. The van der Waals surface area contributed by atoms with Crippen molar-refractivity contribution in [3.63, 3.8) is 0 Å². The minimum atomic E-state index is -2.38. The summed E-state index contributed by atoms with van der Waals surface area (Å²) >= 11 is 0. The number of nitrogens with zero attached hydrogens (tertiary/aromatic N) is 1. The highest BCUT2D eigenvalue weighted by Crippen LogP contribution is 2.01. The van der Waals surface area contributed by atoms with Gasteiger partial charge < -0.3 is 34.8 Å². The van der Waals surface area contributed by atoms with Gasteiger partial charge in [0.1, 0.15) is 6.10 Å². The summed E-state index contributed by atoms with van der Waals surface area (Å²) in [7, 11) is 0.989. The Kier molecular flexibility index (Phi) is 4.68. The quantitative estimate of drug-likeness (QED) is 0.463. The van der Waals surface area contributed by atoms with Crippen LogP contribution in [0.3, 0.4) is 0 Å². The van der Waals surface area contributed by atoms with E-state index in [1.54, 1.807) is 0 Å². The molecule has 2 atom stereocenters. The standard InChI is InChI=1S/C7H11NO7/c1-8(2-3(9)10)4(6(12)13)5(11)7(14)15/h4-5,11H,2H2,1H3,(H,9,10)(H,12,13)(H,14,15)/p-3. The average molecular weight is 218 g/mol. The van der Waals surface area contributed by atoms with Crippen molar-refractivity contribution >= 4 is 17.9 Å². The lowest BCUT2D eigenvalue weighted by atomic mass is 10.1. The second kappa shape index (κ2) is 5.27. The summed E-state index contributed by atoms with van der Waals surface area (Å²) in [5, 5.41) is 39.7.